The number of halogens is 3. The third-order valence-corrected chi connectivity index (χ3v) is 3.59. The van der Waals surface area contributed by atoms with Crippen LogP contribution in [0.3, 0.4) is 0 Å². The molecule has 120 valence electrons. The Morgan fingerprint density at radius 1 is 1.39 bits per heavy atom. The van der Waals surface area contributed by atoms with Crippen molar-refractivity contribution in [3.63, 3.8) is 0 Å². The van der Waals surface area contributed by atoms with Crippen LogP contribution in [0.4, 0.5) is 9.18 Å². The summed E-state index contributed by atoms with van der Waals surface area (Å²) >= 11 is 9.30. The molecule has 2 aromatic rings. The van der Waals surface area contributed by atoms with Gasteiger partial charge in [0, 0.05) is 15.6 Å². The van der Waals surface area contributed by atoms with Crippen LogP contribution < -0.4 is 15.9 Å². The van der Waals surface area contributed by atoms with E-state index in [1.165, 1.54) is 18.3 Å². The lowest BCUT2D eigenvalue weighted by Crippen LogP contribution is -2.24. The predicted octanol–water partition coefficient (Wildman–Crippen LogP) is 3.82. The van der Waals surface area contributed by atoms with Crippen molar-refractivity contribution in [3.8, 4) is 5.75 Å². The molecule has 8 heteroatoms. The lowest BCUT2D eigenvalue weighted by Gasteiger charge is -2.10. The fraction of sp³-hybridized carbons (Fsp3) is 0.0667. The molecule has 0 unspecified atom stereocenters. The monoisotopic (exact) mass is 399 g/mol. The SMILES string of the molecule is NC(=O)NN=Cc1cc(Br)ccc1OCc1ccc(F)cc1Cl. The number of nitrogens with two attached hydrogens (primary N) is 1. The Hall–Kier alpha value is -2.12. The zero-order chi connectivity index (χ0) is 16.8. The topological polar surface area (TPSA) is 76.7 Å². The average molecular weight is 401 g/mol. The highest BCUT2D eigenvalue weighted by Gasteiger charge is 2.06. The zero-order valence-corrected chi connectivity index (χ0v) is 14.1. The number of carbonyl (C=O) groups excluding carboxylic acids is 1. The quantitative estimate of drug-likeness (QED) is 0.591. The minimum atomic E-state index is -0.767. The van der Waals surface area contributed by atoms with Crippen LogP contribution in [0.5, 0.6) is 5.75 Å². The third-order valence-electron chi connectivity index (χ3n) is 2.75. The van der Waals surface area contributed by atoms with Crippen molar-refractivity contribution in [2.45, 2.75) is 6.61 Å². The summed E-state index contributed by atoms with van der Waals surface area (Å²) in [5.41, 5.74) is 8.31. The molecule has 3 N–H and O–H groups in total. The summed E-state index contributed by atoms with van der Waals surface area (Å²) in [5.74, 6) is 0.108. The van der Waals surface area contributed by atoms with Gasteiger partial charge in [-0.25, -0.2) is 14.6 Å². The maximum absolute atomic E-state index is 13.0. The van der Waals surface area contributed by atoms with E-state index in [0.29, 0.717) is 16.9 Å². The maximum Gasteiger partial charge on any atom is 0.332 e. The van der Waals surface area contributed by atoms with E-state index in [2.05, 4.69) is 26.5 Å². The summed E-state index contributed by atoms with van der Waals surface area (Å²) in [7, 11) is 0. The second-order valence-electron chi connectivity index (χ2n) is 4.44. The second kappa shape index (κ2) is 7.94. The van der Waals surface area contributed by atoms with E-state index in [0.717, 1.165) is 4.47 Å². The van der Waals surface area contributed by atoms with Crippen LogP contribution in [-0.2, 0) is 6.61 Å². The summed E-state index contributed by atoms with van der Waals surface area (Å²) in [6.45, 7) is 0.158. The van der Waals surface area contributed by atoms with Crippen LogP contribution in [0, 0.1) is 5.82 Å². The van der Waals surface area contributed by atoms with Crippen molar-refractivity contribution in [2.24, 2.45) is 10.8 Å². The molecule has 0 heterocycles. The van der Waals surface area contributed by atoms with E-state index in [1.807, 2.05) is 0 Å². The first-order valence-corrected chi connectivity index (χ1v) is 7.57. The number of hydrogen-bond acceptors (Lipinski definition) is 3. The van der Waals surface area contributed by atoms with Gasteiger partial charge in [0.15, 0.2) is 0 Å². The maximum atomic E-state index is 13.0. The van der Waals surface area contributed by atoms with Gasteiger partial charge in [0.2, 0.25) is 0 Å². The minimum absolute atomic E-state index is 0.158. The van der Waals surface area contributed by atoms with Gasteiger partial charge in [0.25, 0.3) is 0 Å². The van der Waals surface area contributed by atoms with Crippen LogP contribution in [0.15, 0.2) is 46.0 Å². The van der Waals surface area contributed by atoms with Crippen LogP contribution in [0.25, 0.3) is 0 Å². The first kappa shape index (κ1) is 17.2. The number of nitrogens with zero attached hydrogens (tertiary/aromatic N) is 1. The molecule has 23 heavy (non-hydrogen) atoms. The standard InChI is InChI=1S/C15H12BrClFN3O2/c16-11-2-4-14(10(5-11)7-20-21-15(19)22)23-8-9-1-3-12(18)6-13(9)17/h1-7H,8H2,(H3,19,21,22). The lowest BCUT2D eigenvalue weighted by atomic mass is 10.2. The van der Waals surface area contributed by atoms with Crippen molar-refractivity contribution in [1.82, 2.24) is 5.43 Å². The highest BCUT2D eigenvalue weighted by molar-refractivity contribution is 9.10. The van der Waals surface area contributed by atoms with Gasteiger partial charge in [-0.2, -0.15) is 5.10 Å². The van der Waals surface area contributed by atoms with Gasteiger partial charge in [-0.1, -0.05) is 33.6 Å². The number of hydrogen-bond donors (Lipinski definition) is 2. The fourth-order valence-electron chi connectivity index (χ4n) is 1.71. The summed E-state index contributed by atoms with van der Waals surface area (Å²) in [5, 5.41) is 3.99. The average Bonchev–Trinajstić information content (AvgIpc) is 2.47. The Labute approximate surface area is 145 Å². The number of nitrogens with one attached hydrogen (secondary N) is 1. The van der Waals surface area contributed by atoms with Gasteiger partial charge in [-0.15, -0.1) is 0 Å². The second-order valence-corrected chi connectivity index (χ2v) is 5.76. The number of primary amides is 1. The molecule has 0 aliphatic heterocycles. The first-order valence-electron chi connectivity index (χ1n) is 6.40. The Morgan fingerprint density at radius 3 is 2.87 bits per heavy atom. The molecule has 0 fully saturated rings. The van der Waals surface area contributed by atoms with Crippen molar-refractivity contribution in [1.29, 1.82) is 0 Å². The minimum Gasteiger partial charge on any atom is -0.488 e. The fourth-order valence-corrected chi connectivity index (χ4v) is 2.31. The van der Waals surface area contributed by atoms with Gasteiger partial charge in [-0.05, 0) is 30.3 Å². The number of amides is 2. The van der Waals surface area contributed by atoms with E-state index >= 15 is 0 Å². The van der Waals surface area contributed by atoms with Crippen LogP contribution >= 0.6 is 27.5 Å². The molecule has 0 saturated heterocycles. The third kappa shape index (κ3) is 5.22. The number of benzene rings is 2. The Kier molecular flexibility index (Phi) is 5.95. The van der Waals surface area contributed by atoms with Crippen molar-refractivity contribution < 1.29 is 13.9 Å². The summed E-state index contributed by atoms with van der Waals surface area (Å²) in [4.78, 5) is 10.6. The predicted molar refractivity (Wildman–Crippen MR) is 90.2 cm³/mol. The molecular weight excluding hydrogens is 389 g/mol. The molecule has 0 aromatic heterocycles. The zero-order valence-electron chi connectivity index (χ0n) is 11.7. The van der Waals surface area contributed by atoms with E-state index in [4.69, 9.17) is 22.1 Å². The van der Waals surface area contributed by atoms with Gasteiger partial charge in [0.1, 0.15) is 18.2 Å². The smallest absolute Gasteiger partial charge is 0.332 e. The number of rotatable bonds is 5. The molecular formula is C15H12BrClFN3O2. The van der Waals surface area contributed by atoms with Gasteiger partial charge in [-0.3, -0.25) is 0 Å². The number of hydrazone groups is 1. The highest BCUT2D eigenvalue weighted by atomic mass is 79.9. The number of ether oxygens (including phenoxy) is 1. The van der Waals surface area contributed by atoms with Gasteiger partial charge < -0.3 is 10.5 Å². The highest BCUT2D eigenvalue weighted by Crippen LogP contribution is 2.24. The summed E-state index contributed by atoms with van der Waals surface area (Å²) in [6.07, 6.45) is 1.40. The normalized spacial score (nSPS) is 10.7. The molecule has 2 aromatic carbocycles. The molecule has 0 atom stereocenters. The summed E-state index contributed by atoms with van der Waals surface area (Å²) < 4.78 is 19.5. The number of urea groups is 1. The lowest BCUT2D eigenvalue weighted by molar-refractivity contribution is 0.249. The molecule has 2 amide bonds. The Morgan fingerprint density at radius 2 is 2.17 bits per heavy atom. The largest absolute Gasteiger partial charge is 0.488 e. The molecule has 2 rings (SSSR count). The van der Waals surface area contributed by atoms with E-state index in [-0.39, 0.29) is 11.6 Å². The van der Waals surface area contributed by atoms with E-state index < -0.39 is 11.8 Å². The first-order chi connectivity index (χ1) is 11.0. The molecule has 0 spiro atoms. The van der Waals surface area contributed by atoms with Gasteiger partial charge >= 0.3 is 6.03 Å². The molecule has 0 aliphatic rings. The van der Waals surface area contributed by atoms with Crippen LogP contribution in [0.2, 0.25) is 5.02 Å². The van der Waals surface area contributed by atoms with Crippen molar-refractivity contribution >= 4 is 39.8 Å². The van der Waals surface area contributed by atoms with Crippen LogP contribution in [0.1, 0.15) is 11.1 Å². The molecule has 0 bridgehead atoms. The molecule has 0 radical (unpaired) electrons. The summed E-state index contributed by atoms with van der Waals surface area (Å²) in [6, 6.07) is 8.60. The Bertz CT molecular complexity index is 755. The van der Waals surface area contributed by atoms with E-state index in [1.54, 1.807) is 24.3 Å². The van der Waals surface area contributed by atoms with Crippen molar-refractivity contribution in [2.75, 3.05) is 0 Å². The van der Waals surface area contributed by atoms with E-state index in [9.17, 15) is 9.18 Å². The number of carbonyl (C=O) groups is 1. The van der Waals surface area contributed by atoms with Gasteiger partial charge in [0.05, 0.1) is 11.2 Å². The Balaban J connectivity index is 2.15. The molecule has 5 nitrogen and oxygen atoms in total. The van der Waals surface area contributed by atoms with Crippen LogP contribution in [-0.4, -0.2) is 12.2 Å². The van der Waals surface area contributed by atoms with Crippen molar-refractivity contribution in [3.05, 3.63) is 62.8 Å². The molecule has 0 saturated carbocycles. The molecule has 0 aliphatic carbocycles.